The molecule has 2 N–H and O–H groups in total. The van der Waals surface area contributed by atoms with Gasteiger partial charge in [-0.3, -0.25) is 19.3 Å². The number of rotatable bonds is 3. The molecule has 1 saturated heterocycles. The van der Waals surface area contributed by atoms with E-state index in [0.717, 1.165) is 17.0 Å². The number of amides is 3. The second-order valence-corrected chi connectivity index (χ2v) is 5.86. The van der Waals surface area contributed by atoms with Gasteiger partial charge in [-0.25, -0.2) is 0 Å². The summed E-state index contributed by atoms with van der Waals surface area (Å²) in [4.78, 5) is 40.6. The molecule has 23 heavy (non-hydrogen) atoms. The number of nitrogen functional groups attached to an aromatic ring is 1. The van der Waals surface area contributed by atoms with Crippen LogP contribution in [0.15, 0.2) is 30.5 Å². The summed E-state index contributed by atoms with van der Waals surface area (Å²) in [6.07, 6.45) is 1.77. The third kappa shape index (κ3) is 2.21. The van der Waals surface area contributed by atoms with Gasteiger partial charge in [0.2, 0.25) is 5.91 Å². The highest BCUT2D eigenvalue weighted by molar-refractivity contribution is 6.25. The maximum atomic E-state index is 12.7. The molecule has 0 aromatic heterocycles. The number of nitrogens with two attached hydrogens (primary N) is 1. The number of benzene rings is 1. The third-order valence-corrected chi connectivity index (χ3v) is 4.38. The normalized spacial score (nSPS) is 21.2. The number of allylic oxidation sites excluding steroid dienone is 1. The highest BCUT2D eigenvalue weighted by atomic mass is 16.2. The molecule has 6 heteroatoms. The largest absolute Gasteiger partial charge is 0.398 e. The predicted octanol–water partition coefficient (Wildman–Crippen LogP) is 1.78. The van der Waals surface area contributed by atoms with Gasteiger partial charge < -0.3 is 10.6 Å². The minimum Gasteiger partial charge on any atom is -0.398 e. The number of anilines is 1. The number of nitrogens with zero attached hydrogens (tertiary/aromatic N) is 2. The second-order valence-electron chi connectivity index (χ2n) is 5.86. The van der Waals surface area contributed by atoms with Crippen molar-refractivity contribution in [3.8, 4) is 0 Å². The molecule has 1 atom stereocenters. The van der Waals surface area contributed by atoms with Crippen molar-refractivity contribution in [2.45, 2.75) is 32.2 Å². The van der Waals surface area contributed by atoms with E-state index in [1.807, 2.05) is 6.92 Å². The molecule has 3 rings (SSSR count). The van der Waals surface area contributed by atoms with E-state index in [1.165, 1.54) is 0 Å². The van der Waals surface area contributed by atoms with E-state index in [9.17, 15) is 14.4 Å². The maximum absolute atomic E-state index is 12.7. The van der Waals surface area contributed by atoms with Gasteiger partial charge in [0, 0.05) is 17.9 Å². The van der Waals surface area contributed by atoms with E-state index in [-0.39, 0.29) is 22.7 Å². The molecular formula is C17H19N3O3. The zero-order chi connectivity index (χ0) is 16.7. The van der Waals surface area contributed by atoms with Gasteiger partial charge in [-0.2, -0.15) is 0 Å². The molecule has 3 amide bonds. The number of piperidine rings is 1. The molecule has 2 aliphatic rings. The number of carbonyl (C=O) groups excluding carboxylic acids is 3. The molecule has 1 unspecified atom stereocenters. The van der Waals surface area contributed by atoms with Gasteiger partial charge in [-0.1, -0.05) is 19.6 Å². The number of hydrogen-bond acceptors (Lipinski definition) is 4. The Balaban J connectivity index is 1.96. The third-order valence-electron chi connectivity index (χ3n) is 4.38. The van der Waals surface area contributed by atoms with Crippen LogP contribution in [0.1, 0.15) is 46.9 Å². The molecule has 0 radical (unpaired) electrons. The van der Waals surface area contributed by atoms with Crippen LogP contribution in [-0.2, 0) is 4.79 Å². The van der Waals surface area contributed by atoms with Crippen molar-refractivity contribution >= 4 is 23.4 Å². The smallest absolute Gasteiger partial charge is 0.264 e. The van der Waals surface area contributed by atoms with Gasteiger partial charge >= 0.3 is 0 Å². The first-order chi connectivity index (χ1) is 11.0. The average Bonchev–Trinajstić information content (AvgIpc) is 2.77. The molecule has 0 bridgehead atoms. The number of carbonyl (C=O) groups is 3. The monoisotopic (exact) mass is 313 g/mol. The molecule has 0 saturated carbocycles. The Morgan fingerprint density at radius 1 is 1.26 bits per heavy atom. The number of fused-ring (bicyclic) bond motifs is 1. The van der Waals surface area contributed by atoms with Crippen LogP contribution in [0.4, 0.5) is 5.69 Å². The summed E-state index contributed by atoms with van der Waals surface area (Å²) in [7, 11) is 0. The fourth-order valence-electron chi connectivity index (χ4n) is 3.24. The van der Waals surface area contributed by atoms with Gasteiger partial charge in [0.15, 0.2) is 0 Å². The molecule has 1 fully saturated rings. The molecule has 2 aliphatic heterocycles. The molecule has 0 aliphatic carbocycles. The lowest BCUT2D eigenvalue weighted by atomic mass is 10.0. The molecule has 6 nitrogen and oxygen atoms in total. The van der Waals surface area contributed by atoms with Crippen molar-refractivity contribution in [3.05, 3.63) is 41.6 Å². The van der Waals surface area contributed by atoms with Gasteiger partial charge in [0.1, 0.15) is 6.04 Å². The fraction of sp³-hybridized carbons (Fsp3) is 0.353. The number of imide groups is 1. The van der Waals surface area contributed by atoms with Crippen LogP contribution in [0.2, 0.25) is 0 Å². The standard InChI is InChI=1S/C17H19N3O3/c1-3-9-19-10(2)7-8-13(16(19)22)20-15(21)11-5-4-6-12(18)14(11)17(20)23/h4-6,13H,2-3,7-9,18H2,1H3. The summed E-state index contributed by atoms with van der Waals surface area (Å²) < 4.78 is 0. The Hall–Kier alpha value is -2.63. The Labute approximate surface area is 134 Å². The lowest BCUT2D eigenvalue weighted by Gasteiger charge is -2.37. The van der Waals surface area contributed by atoms with E-state index >= 15 is 0 Å². The SMILES string of the molecule is C=C1CCC(N2C(=O)c3cccc(N)c3C2=O)C(=O)N1CCC. The quantitative estimate of drug-likeness (QED) is 0.681. The van der Waals surface area contributed by atoms with Crippen LogP contribution in [-0.4, -0.2) is 40.1 Å². The van der Waals surface area contributed by atoms with Crippen molar-refractivity contribution in [2.24, 2.45) is 0 Å². The summed E-state index contributed by atoms with van der Waals surface area (Å²) in [6.45, 7) is 6.42. The Morgan fingerprint density at radius 3 is 2.65 bits per heavy atom. The van der Waals surface area contributed by atoms with Gasteiger partial charge in [0.05, 0.1) is 11.1 Å². The summed E-state index contributed by atoms with van der Waals surface area (Å²) >= 11 is 0. The first-order valence-corrected chi connectivity index (χ1v) is 7.73. The van der Waals surface area contributed by atoms with Gasteiger partial charge in [-0.15, -0.1) is 0 Å². The van der Waals surface area contributed by atoms with E-state index in [1.54, 1.807) is 23.1 Å². The van der Waals surface area contributed by atoms with E-state index in [0.29, 0.717) is 19.4 Å². The highest BCUT2D eigenvalue weighted by Crippen LogP contribution is 2.33. The summed E-state index contributed by atoms with van der Waals surface area (Å²) in [5, 5.41) is 0. The second kappa shape index (κ2) is 5.53. The molecule has 1 aromatic carbocycles. The van der Waals surface area contributed by atoms with Gasteiger partial charge in [0.25, 0.3) is 11.8 Å². The van der Waals surface area contributed by atoms with Crippen LogP contribution in [0, 0.1) is 0 Å². The van der Waals surface area contributed by atoms with Crippen molar-refractivity contribution in [1.29, 1.82) is 0 Å². The zero-order valence-electron chi connectivity index (χ0n) is 13.0. The minimum absolute atomic E-state index is 0.205. The molecule has 2 heterocycles. The first-order valence-electron chi connectivity index (χ1n) is 7.73. The summed E-state index contributed by atoms with van der Waals surface area (Å²) in [5.74, 6) is -1.17. The Morgan fingerprint density at radius 2 is 2.00 bits per heavy atom. The highest BCUT2D eigenvalue weighted by Gasteiger charge is 2.46. The molecular weight excluding hydrogens is 294 g/mol. The zero-order valence-corrected chi connectivity index (χ0v) is 13.0. The molecule has 0 spiro atoms. The number of hydrogen-bond donors (Lipinski definition) is 1. The van der Waals surface area contributed by atoms with Crippen LogP contribution in [0.3, 0.4) is 0 Å². The van der Waals surface area contributed by atoms with E-state index in [4.69, 9.17) is 5.73 Å². The minimum atomic E-state index is -0.779. The molecule has 120 valence electrons. The van der Waals surface area contributed by atoms with Crippen molar-refractivity contribution in [2.75, 3.05) is 12.3 Å². The van der Waals surface area contributed by atoms with Gasteiger partial charge in [-0.05, 0) is 31.4 Å². The lowest BCUT2D eigenvalue weighted by Crippen LogP contribution is -2.53. The van der Waals surface area contributed by atoms with Crippen molar-refractivity contribution < 1.29 is 14.4 Å². The van der Waals surface area contributed by atoms with E-state index < -0.39 is 17.9 Å². The number of likely N-dealkylation sites (tertiary alicyclic amines) is 1. The molecule has 1 aromatic rings. The maximum Gasteiger partial charge on any atom is 0.264 e. The van der Waals surface area contributed by atoms with Crippen molar-refractivity contribution in [1.82, 2.24) is 9.80 Å². The van der Waals surface area contributed by atoms with Crippen molar-refractivity contribution in [3.63, 3.8) is 0 Å². The predicted molar refractivity (Wildman–Crippen MR) is 85.5 cm³/mol. The Bertz CT molecular complexity index is 726. The topological polar surface area (TPSA) is 83.7 Å². The van der Waals surface area contributed by atoms with Crippen LogP contribution < -0.4 is 5.73 Å². The summed E-state index contributed by atoms with van der Waals surface area (Å²) in [5.41, 5.74) is 7.32. The summed E-state index contributed by atoms with van der Waals surface area (Å²) in [6, 6.07) is 4.01. The van der Waals surface area contributed by atoms with E-state index in [2.05, 4.69) is 6.58 Å². The van der Waals surface area contributed by atoms with Crippen LogP contribution >= 0.6 is 0 Å². The van der Waals surface area contributed by atoms with Crippen LogP contribution in [0.25, 0.3) is 0 Å². The fourth-order valence-corrected chi connectivity index (χ4v) is 3.24. The lowest BCUT2D eigenvalue weighted by molar-refractivity contribution is -0.135. The first kappa shape index (κ1) is 15.3. The Kier molecular flexibility index (Phi) is 3.67. The van der Waals surface area contributed by atoms with Crippen LogP contribution in [0.5, 0.6) is 0 Å². The average molecular weight is 313 g/mol.